The van der Waals surface area contributed by atoms with E-state index in [-0.39, 0.29) is 56.6 Å². The Hall–Kier alpha value is -7.49. The molecule has 1 aliphatic carbocycles. The van der Waals surface area contributed by atoms with E-state index in [4.69, 9.17) is 16.9 Å². The zero-order valence-electron chi connectivity index (χ0n) is 37.9. The number of amides is 6. The van der Waals surface area contributed by atoms with Crippen molar-refractivity contribution in [3.63, 3.8) is 0 Å². The minimum absolute atomic E-state index is 0.0787. The molecule has 6 rings (SSSR count). The number of nitrogens with one attached hydrogen (secondary N) is 8. The van der Waals surface area contributed by atoms with E-state index in [2.05, 4.69) is 49.0 Å². The first-order chi connectivity index (χ1) is 32.3. The molecule has 3 atom stereocenters. The van der Waals surface area contributed by atoms with Gasteiger partial charge in [-0.1, -0.05) is 97.9 Å². The Bertz CT molecular complexity index is 2490. The van der Waals surface area contributed by atoms with Gasteiger partial charge in [-0.15, -0.1) is 0 Å². The molecule has 1 saturated carbocycles. The maximum atomic E-state index is 14.7. The van der Waals surface area contributed by atoms with Gasteiger partial charge in [0.2, 0.25) is 35.4 Å². The molecule has 0 spiro atoms. The summed E-state index contributed by atoms with van der Waals surface area (Å²) in [5.74, 6) is -3.14. The van der Waals surface area contributed by atoms with Crippen LogP contribution in [0.1, 0.15) is 96.8 Å². The zero-order valence-corrected chi connectivity index (χ0v) is 37.9. The van der Waals surface area contributed by atoms with Crippen LogP contribution >= 0.6 is 0 Å². The maximum Gasteiger partial charge on any atom is 0.248 e. The summed E-state index contributed by atoms with van der Waals surface area (Å²) in [6.07, 6.45) is 5.18. The van der Waals surface area contributed by atoms with Crippen LogP contribution in [0.15, 0.2) is 115 Å². The van der Waals surface area contributed by atoms with E-state index < -0.39 is 53.2 Å². The van der Waals surface area contributed by atoms with Crippen LogP contribution in [0.2, 0.25) is 0 Å². The van der Waals surface area contributed by atoms with Crippen LogP contribution in [0.5, 0.6) is 0 Å². The van der Waals surface area contributed by atoms with E-state index in [1.54, 1.807) is 30.5 Å². The number of primary amides is 1. The van der Waals surface area contributed by atoms with E-state index >= 15 is 0 Å². The van der Waals surface area contributed by atoms with Crippen LogP contribution in [0.3, 0.4) is 0 Å². The quantitative estimate of drug-likeness (QED) is 0.0274. The zero-order chi connectivity index (χ0) is 47.8. The monoisotopic (exact) mass is 910 g/mol. The Balaban J connectivity index is 1.25. The molecule has 1 heterocycles. The molecule has 5 aromatic rings. The van der Waals surface area contributed by atoms with Crippen LogP contribution in [-0.4, -0.2) is 76.6 Å². The highest BCUT2D eigenvalue weighted by Gasteiger charge is 2.44. The highest BCUT2D eigenvalue weighted by atomic mass is 16.2. The number of hydrogen-bond donors (Lipinski definition) is 10. The summed E-state index contributed by atoms with van der Waals surface area (Å²) in [4.78, 5) is 86.1. The molecular weight excluding hydrogens is 849 g/mol. The molecule has 67 heavy (non-hydrogen) atoms. The first-order valence-corrected chi connectivity index (χ1v) is 22.9. The fourth-order valence-electron chi connectivity index (χ4n) is 8.66. The first-order valence-electron chi connectivity index (χ1n) is 22.9. The summed E-state index contributed by atoms with van der Waals surface area (Å²) >= 11 is 0. The van der Waals surface area contributed by atoms with Crippen LogP contribution in [0.4, 0.5) is 0 Å². The number of para-hydroxylation sites is 1. The van der Waals surface area contributed by atoms with Crippen molar-refractivity contribution in [2.45, 2.75) is 107 Å². The van der Waals surface area contributed by atoms with Gasteiger partial charge in [-0.25, -0.2) is 0 Å². The average Bonchev–Trinajstić information content (AvgIpc) is 3.74. The van der Waals surface area contributed by atoms with Gasteiger partial charge in [0, 0.05) is 55.0 Å². The number of benzene rings is 4. The molecule has 16 heteroatoms. The van der Waals surface area contributed by atoms with Gasteiger partial charge >= 0.3 is 0 Å². The van der Waals surface area contributed by atoms with Crippen LogP contribution in [0.25, 0.3) is 10.9 Å². The third-order valence-electron chi connectivity index (χ3n) is 12.4. The topological polar surface area (TPSA) is 266 Å². The van der Waals surface area contributed by atoms with Gasteiger partial charge in [0.25, 0.3) is 0 Å². The number of carbonyl (C=O) groups is 6. The van der Waals surface area contributed by atoms with Crippen molar-refractivity contribution in [3.05, 3.63) is 143 Å². The van der Waals surface area contributed by atoms with Crippen LogP contribution < -0.4 is 43.4 Å². The molecule has 1 aromatic heterocycles. The Labute approximate surface area is 390 Å². The summed E-state index contributed by atoms with van der Waals surface area (Å²) in [6, 6.07) is 29.9. The summed E-state index contributed by atoms with van der Waals surface area (Å²) in [6.45, 7) is 2.20. The molecule has 4 aromatic carbocycles. The van der Waals surface area contributed by atoms with Gasteiger partial charge in [0.15, 0.2) is 5.96 Å². The number of fused-ring (bicyclic) bond motifs is 1. The van der Waals surface area contributed by atoms with Crippen molar-refractivity contribution in [3.8, 4) is 0 Å². The molecule has 0 radical (unpaired) electrons. The normalized spacial score (nSPS) is 16.9. The molecule has 0 unspecified atom stereocenters. The minimum Gasteiger partial charge on any atom is -0.370 e. The molecular formula is C51H62N10O6. The van der Waals surface area contributed by atoms with Crippen LogP contribution in [0, 0.1) is 5.41 Å². The lowest BCUT2D eigenvalue weighted by molar-refractivity contribution is -0.138. The highest BCUT2D eigenvalue weighted by Crippen LogP contribution is 2.38. The van der Waals surface area contributed by atoms with Crippen molar-refractivity contribution in [2.75, 3.05) is 6.54 Å². The molecule has 0 saturated heterocycles. The van der Waals surface area contributed by atoms with Gasteiger partial charge in [-0.3, -0.25) is 34.2 Å². The van der Waals surface area contributed by atoms with E-state index in [9.17, 15) is 28.8 Å². The summed E-state index contributed by atoms with van der Waals surface area (Å²) in [5.41, 5.74) is 14.2. The lowest BCUT2D eigenvalue weighted by Crippen LogP contribution is -2.64. The van der Waals surface area contributed by atoms with Gasteiger partial charge < -0.3 is 48.4 Å². The van der Waals surface area contributed by atoms with Crippen molar-refractivity contribution in [1.82, 2.24) is 36.9 Å². The second-order valence-corrected chi connectivity index (χ2v) is 17.2. The molecule has 1 aliphatic rings. The van der Waals surface area contributed by atoms with E-state index in [0.717, 1.165) is 27.6 Å². The van der Waals surface area contributed by atoms with E-state index in [1.807, 2.05) is 79.7 Å². The highest BCUT2D eigenvalue weighted by molar-refractivity contribution is 5.97. The van der Waals surface area contributed by atoms with Crippen molar-refractivity contribution in [1.29, 1.82) is 5.41 Å². The Morgan fingerprint density at radius 2 is 1.34 bits per heavy atom. The lowest BCUT2D eigenvalue weighted by atomic mass is 9.73. The smallest absolute Gasteiger partial charge is 0.248 e. The summed E-state index contributed by atoms with van der Waals surface area (Å²) < 4.78 is 0. The molecule has 16 nitrogen and oxygen atoms in total. The molecule has 352 valence electrons. The van der Waals surface area contributed by atoms with Crippen molar-refractivity contribution in [2.24, 2.45) is 11.5 Å². The first kappa shape index (κ1) is 49.0. The molecule has 1 fully saturated rings. The minimum atomic E-state index is -1.27. The van der Waals surface area contributed by atoms with Gasteiger partial charge in [0.1, 0.15) is 23.7 Å². The van der Waals surface area contributed by atoms with Crippen LogP contribution in [-0.2, 0) is 43.4 Å². The average molecular weight is 911 g/mol. The summed E-state index contributed by atoms with van der Waals surface area (Å²) in [5, 5.41) is 26.0. The Morgan fingerprint density at radius 3 is 2.01 bits per heavy atom. The van der Waals surface area contributed by atoms with E-state index in [0.29, 0.717) is 49.7 Å². The number of nitrogens with two attached hydrogens (primary N) is 2. The number of H-pyrrole nitrogens is 1. The third kappa shape index (κ3) is 13.8. The Morgan fingerprint density at radius 1 is 0.716 bits per heavy atom. The summed E-state index contributed by atoms with van der Waals surface area (Å²) in [7, 11) is 0. The number of carbonyl (C=O) groups excluding carboxylic acids is 6. The predicted molar refractivity (Wildman–Crippen MR) is 257 cm³/mol. The van der Waals surface area contributed by atoms with Gasteiger partial charge in [0.05, 0.1) is 0 Å². The second kappa shape index (κ2) is 23.6. The lowest BCUT2D eigenvalue weighted by Gasteiger charge is -2.40. The van der Waals surface area contributed by atoms with Crippen molar-refractivity contribution < 1.29 is 28.8 Å². The molecule has 0 aliphatic heterocycles. The number of rotatable bonds is 22. The molecule has 0 bridgehead atoms. The SMILES string of the molecule is CCCC(=O)N[C@]1(C(=O)N[C@H](Cc2ccccc2)C(=O)N[C@@H](CCCNC(=N)N)C(=O)N[C@@H](Cc2c[nH]c3ccccc23)C(=O)NCc2ccc(C(N)=O)cc2)CC[C@H](c2ccccc2)CC1. The second-order valence-electron chi connectivity index (χ2n) is 17.2. The fraction of sp³-hybridized carbons (Fsp3) is 0.353. The standard InChI is InChI=1S/C51H62N10O6/c1-2-12-44(62)61-51(26-24-36(25-27-51)35-15-7-4-8-16-35)49(67)60-42(29-33-13-5-3-6-14-33)48(66)58-41(19-11-28-55-50(53)54)47(65)59-43(30-38-32-56-40-18-10-9-17-39(38)40)46(64)57-31-34-20-22-37(23-21-34)45(52)63/h3-10,13-18,20-23,32,36,41-43,56H,2,11-12,19,24-31H2,1H3,(H2,52,63)(H,57,64)(H,58,66)(H,59,65)(H,60,67)(H,61,62)(H4,53,54,55)/t36-,41-,42+,43-,51+/m0/s1. The number of hydrogen-bond acceptors (Lipinski definition) is 7. The number of aromatic nitrogens is 1. The largest absolute Gasteiger partial charge is 0.370 e. The van der Waals surface area contributed by atoms with E-state index in [1.165, 1.54) is 0 Å². The third-order valence-corrected chi connectivity index (χ3v) is 12.4. The maximum absolute atomic E-state index is 14.7. The Kier molecular flexibility index (Phi) is 17.3. The van der Waals surface area contributed by atoms with Crippen molar-refractivity contribution >= 4 is 52.3 Å². The number of guanidine groups is 1. The fourth-order valence-corrected chi connectivity index (χ4v) is 8.66. The predicted octanol–water partition coefficient (Wildman–Crippen LogP) is 4.10. The molecule has 12 N–H and O–H groups in total. The number of aromatic amines is 1. The molecule has 6 amide bonds. The van der Waals surface area contributed by atoms with Gasteiger partial charge in [-0.05, 0) is 91.3 Å². The van der Waals surface area contributed by atoms with Gasteiger partial charge in [-0.2, -0.15) is 0 Å².